The van der Waals surface area contributed by atoms with E-state index in [0.29, 0.717) is 5.56 Å². The van der Waals surface area contributed by atoms with Crippen LogP contribution in [0.2, 0.25) is 0 Å². The second-order valence-electron chi connectivity index (χ2n) is 3.77. The summed E-state index contributed by atoms with van der Waals surface area (Å²) in [5.41, 5.74) is 1.71. The highest BCUT2D eigenvalue weighted by Crippen LogP contribution is 2.23. The third-order valence-corrected chi connectivity index (χ3v) is 2.74. The fourth-order valence-electron chi connectivity index (χ4n) is 1.87. The molecule has 0 spiro atoms. The Bertz CT molecular complexity index is 405. The summed E-state index contributed by atoms with van der Waals surface area (Å²) in [6.45, 7) is 3.91. The van der Waals surface area contributed by atoms with Crippen LogP contribution in [0.5, 0.6) is 5.75 Å². The normalized spacial score (nSPS) is 15.6. The molecule has 84 valence electrons. The van der Waals surface area contributed by atoms with Crippen LogP contribution in [0.1, 0.15) is 5.56 Å². The van der Waals surface area contributed by atoms with E-state index in [1.807, 2.05) is 12.1 Å². The molecule has 0 amide bonds. The Labute approximate surface area is 95.4 Å². The molecule has 0 aliphatic carbocycles. The highest BCUT2D eigenvalue weighted by atomic mass is 16.5. The predicted molar refractivity (Wildman–Crippen MR) is 62.8 cm³/mol. The summed E-state index contributed by atoms with van der Waals surface area (Å²) in [6.07, 6.45) is 0. The van der Waals surface area contributed by atoms with Gasteiger partial charge in [-0.25, -0.2) is 0 Å². The van der Waals surface area contributed by atoms with Gasteiger partial charge in [-0.05, 0) is 12.1 Å². The van der Waals surface area contributed by atoms with Gasteiger partial charge in [0.25, 0.3) is 0 Å². The van der Waals surface area contributed by atoms with Crippen LogP contribution < -0.4 is 15.0 Å². The van der Waals surface area contributed by atoms with Crippen molar-refractivity contribution in [3.63, 3.8) is 0 Å². The van der Waals surface area contributed by atoms with Gasteiger partial charge in [-0.2, -0.15) is 5.26 Å². The van der Waals surface area contributed by atoms with Crippen LogP contribution in [0.4, 0.5) is 5.69 Å². The molecule has 0 aromatic heterocycles. The van der Waals surface area contributed by atoms with Crippen molar-refractivity contribution in [1.29, 1.82) is 5.26 Å². The number of anilines is 1. The summed E-state index contributed by atoms with van der Waals surface area (Å²) >= 11 is 0. The van der Waals surface area contributed by atoms with Crippen LogP contribution in [-0.2, 0) is 0 Å². The first kappa shape index (κ1) is 10.8. The molecule has 1 aliphatic heterocycles. The standard InChI is InChI=1S/C12H15N3O/c1-16-12-7-10(9-13)6-11(8-12)15-4-2-14-3-5-15/h6-8,14H,2-5H2,1H3. The topological polar surface area (TPSA) is 48.3 Å². The predicted octanol–water partition coefficient (Wildman–Crippen LogP) is 0.976. The molecule has 16 heavy (non-hydrogen) atoms. The monoisotopic (exact) mass is 217 g/mol. The maximum absolute atomic E-state index is 8.94. The highest BCUT2D eigenvalue weighted by Gasteiger charge is 2.12. The van der Waals surface area contributed by atoms with Gasteiger partial charge in [-0.1, -0.05) is 0 Å². The van der Waals surface area contributed by atoms with Gasteiger partial charge in [-0.3, -0.25) is 0 Å². The van der Waals surface area contributed by atoms with Crippen molar-refractivity contribution < 1.29 is 4.74 Å². The first-order valence-corrected chi connectivity index (χ1v) is 5.38. The van der Waals surface area contributed by atoms with E-state index < -0.39 is 0 Å². The number of ether oxygens (including phenoxy) is 1. The zero-order chi connectivity index (χ0) is 11.4. The number of nitrogens with one attached hydrogen (secondary N) is 1. The minimum absolute atomic E-state index is 0.646. The lowest BCUT2D eigenvalue weighted by molar-refractivity contribution is 0.414. The van der Waals surface area contributed by atoms with Crippen LogP contribution in [0.25, 0.3) is 0 Å². The summed E-state index contributed by atoms with van der Waals surface area (Å²) in [6, 6.07) is 7.80. The number of benzene rings is 1. The molecule has 1 heterocycles. The van der Waals surface area contributed by atoms with Gasteiger partial charge in [-0.15, -0.1) is 0 Å². The molecule has 4 nitrogen and oxygen atoms in total. The average Bonchev–Trinajstić information content (AvgIpc) is 2.39. The zero-order valence-corrected chi connectivity index (χ0v) is 9.36. The third-order valence-electron chi connectivity index (χ3n) is 2.74. The fourth-order valence-corrected chi connectivity index (χ4v) is 1.87. The molecular weight excluding hydrogens is 202 g/mol. The Hall–Kier alpha value is -1.73. The highest BCUT2D eigenvalue weighted by molar-refractivity contribution is 5.56. The lowest BCUT2D eigenvalue weighted by Gasteiger charge is -2.29. The van der Waals surface area contributed by atoms with Gasteiger partial charge in [0, 0.05) is 37.9 Å². The molecule has 2 rings (SSSR count). The number of piperazine rings is 1. The van der Waals surface area contributed by atoms with Gasteiger partial charge in [0.15, 0.2) is 0 Å². The molecule has 1 aliphatic rings. The van der Waals surface area contributed by atoms with Crippen molar-refractivity contribution in [3.05, 3.63) is 23.8 Å². The molecule has 1 aromatic rings. The summed E-state index contributed by atoms with van der Waals surface area (Å²) in [5, 5.41) is 12.2. The fraction of sp³-hybridized carbons (Fsp3) is 0.417. The SMILES string of the molecule is COc1cc(C#N)cc(N2CCNCC2)c1. The van der Waals surface area contributed by atoms with E-state index in [1.165, 1.54) is 0 Å². The molecule has 1 aromatic carbocycles. The number of hydrogen-bond acceptors (Lipinski definition) is 4. The van der Waals surface area contributed by atoms with Crippen molar-refractivity contribution in [3.8, 4) is 11.8 Å². The minimum atomic E-state index is 0.646. The second-order valence-corrected chi connectivity index (χ2v) is 3.77. The lowest BCUT2D eigenvalue weighted by atomic mass is 10.1. The number of hydrogen-bond donors (Lipinski definition) is 1. The van der Waals surface area contributed by atoms with Crippen molar-refractivity contribution in [2.45, 2.75) is 0 Å². The summed E-state index contributed by atoms with van der Waals surface area (Å²) in [7, 11) is 1.62. The van der Waals surface area contributed by atoms with Gasteiger partial charge >= 0.3 is 0 Å². The van der Waals surface area contributed by atoms with Crippen molar-refractivity contribution in [2.24, 2.45) is 0 Å². The molecule has 0 atom stereocenters. The third kappa shape index (κ3) is 2.26. The average molecular weight is 217 g/mol. The second kappa shape index (κ2) is 4.86. The first-order valence-electron chi connectivity index (χ1n) is 5.38. The maximum atomic E-state index is 8.94. The van der Waals surface area contributed by atoms with E-state index >= 15 is 0 Å². The van der Waals surface area contributed by atoms with Crippen molar-refractivity contribution in [1.82, 2.24) is 5.32 Å². The van der Waals surface area contributed by atoms with Crippen molar-refractivity contribution in [2.75, 3.05) is 38.2 Å². The number of rotatable bonds is 2. The van der Waals surface area contributed by atoms with Crippen LogP contribution in [0.15, 0.2) is 18.2 Å². The van der Waals surface area contributed by atoms with Crippen molar-refractivity contribution >= 4 is 5.69 Å². The Morgan fingerprint density at radius 2 is 2.06 bits per heavy atom. The smallest absolute Gasteiger partial charge is 0.122 e. The Kier molecular flexibility index (Phi) is 3.28. The Morgan fingerprint density at radius 3 is 2.69 bits per heavy atom. The molecule has 0 radical (unpaired) electrons. The van der Waals surface area contributed by atoms with Crippen LogP contribution in [0, 0.1) is 11.3 Å². The van der Waals surface area contributed by atoms with E-state index in [4.69, 9.17) is 10.00 Å². The number of nitriles is 1. The molecule has 1 fully saturated rings. The molecule has 0 bridgehead atoms. The summed E-state index contributed by atoms with van der Waals surface area (Å²) in [4.78, 5) is 2.26. The zero-order valence-electron chi connectivity index (χ0n) is 9.36. The van der Waals surface area contributed by atoms with Gasteiger partial charge in [0.1, 0.15) is 5.75 Å². The molecule has 4 heteroatoms. The summed E-state index contributed by atoms with van der Waals surface area (Å²) < 4.78 is 5.19. The van der Waals surface area contributed by atoms with E-state index in [1.54, 1.807) is 13.2 Å². The van der Waals surface area contributed by atoms with Crippen LogP contribution in [-0.4, -0.2) is 33.3 Å². The molecular formula is C12H15N3O. The molecule has 1 N–H and O–H groups in total. The molecule has 1 saturated heterocycles. The van der Waals surface area contributed by atoms with Crippen LogP contribution >= 0.6 is 0 Å². The van der Waals surface area contributed by atoms with Gasteiger partial charge in [0.2, 0.25) is 0 Å². The first-order chi connectivity index (χ1) is 7.83. The number of nitrogens with zero attached hydrogens (tertiary/aromatic N) is 2. The van der Waals surface area contributed by atoms with E-state index in [-0.39, 0.29) is 0 Å². The van der Waals surface area contributed by atoms with E-state index in [9.17, 15) is 0 Å². The quantitative estimate of drug-likeness (QED) is 0.802. The number of methoxy groups -OCH3 is 1. The van der Waals surface area contributed by atoms with Gasteiger partial charge < -0.3 is 15.0 Å². The molecule has 0 saturated carbocycles. The Balaban J connectivity index is 2.28. The van der Waals surface area contributed by atoms with Crippen LogP contribution in [0.3, 0.4) is 0 Å². The minimum Gasteiger partial charge on any atom is -0.497 e. The van der Waals surface area contributed by atoms with E-state index in [0.717, 1.165) is 37.6 Å². The van der Waals surface area contributed by atoms with Gasteiger partial charge in [0.05, 0.1) is 18.7 Å². The summed E-state index contributed by atoms with van der Waals surface area (Å²) in [5.74, 6) is 0.743. The largest absolute Gasteiger partial charge is 0.497 e. The maximum Gasteiger partial charge on any atom is 0.122 e. The molecule has 0 unspecified atom stereocenters. The lowest BCUT2D eigenvalue weighted by Crippen LogP contribution is -2.43. The Morgan fingerprint density at radius 1 is 1.31 bits per heavy atom. The van der Waals surface area contributed by atoms with E-state index in [2.05, 4.69) is 16.3 Å².